The summed E-state index contributed by atoms with van der Waals surface area (Å²) in [6.45, 7) is 2.38. The molecule has 2 aliphatic carbocycles. The molecule has 9 rings (SSSR count). The smallest absolute Gasteiger partial charge is 0.246 e. The van der Waals surface area contributed by atoms with Crippen LogP contribution in [0.3, 0.4) is 0 Å². The Balaban J connectivity index is 1.13. The summed E-state index contributed by atoms with van der Waals surface area (Å²) in [5.74, 6) is -4.15. The van der Waals surface area contributed by atoms with Crippen molar-refractivity contribution < 1.29 is 29.0 Å². The number of nitrogens with zero attached hydrogens (tertiary/aromatic N) is 3. The van der Waals surface area contributed by atoms with Gasteiger partial charge in [-0.1, -0.05) is 96.0 Å². The molecule has 1 saturated carbocycles. The van der Waals surface area contributed by atoms with Crippen LogP contribution in [0.2, 0.25) is 5.02 Å². The van der Waals surface area contributed by atoms with Crippen LogP contribution < -0.4 is 9.64 Å². The summed E-state index contributed by atoms with van der Waals surface area (Å²) in [4.78, 5) is 64.8. The highest BCUT2D eigenvalue weighted by atomic mass is 35.5. The highest BCUT2D eigenvalue weighted by Crippen LogP contribution is 2.65. The van der Waals surface area contributed by atoms with Crippen molar-refractivity contribution in [2.24, 2.45) is 23.7 Å². The molecule has 6 atom stereocenters. The molecule has 280 valence electrons. The molecule has 0 radical (unpaired) electrons. The summed E-state index contributed by atoms with van der Waals surface area (Å²) in [6.07, 6.45) is 4.04. The zero-order valence-corrected chi connectivity index (χ0v) is 31.3. The van der Waals surface area contributed by atoms with Gasteiger partial charge in [0.05, 0.1) is 36.0 Å². The number of allylic oxidation sites excluding steroid dienone is 2. The van der Waals surface area contributed by atoms with Gasteiger partial charge in [0.1, 0.15) is 0 Å². The standard InChI is InChI=1S/C45H42ClN3O6/c1-55-38-23-28(15-18-37(38)50)40-33-16-17-34-39(43(53)48(41(34)51)31-19-21-47(22-20-31)26-27-9-4-2-5-10-27)35(33)25-36-42(52)49(32-14-8-13-30(46)24-32)44(54)45(36,40)29-11-6-3-7-12-29/h2-16,18,23-24,31,34-36,39-40,50H,17,19-22,25-26H2,1H3/t34-,35+,36-,39-,40-,45+/m0/s1. The maximum absolute atomic E-state index is 15.4. The summed E-state index contributed by atoms with van der Waals surface area (Å²) < 4.78 is 5.58. The molecule has 0 spiro atoms. The van der Waals surface area contributed by atoms with E-state index in [1.54, 1.807) is 47.4 Å². The number of ether oxygens (including phenoxy) is 1. The lowest BCUT2D eigenvalue weighted by Crippen LogP contribution is -2.53. The summed E-state index contributed by atoms with van der Waals surface area (Å²) in [5, 5.41) is 11.1. The van der Waals surface area contributed by atoms with Crippen LogP contribution >= 0.6 is 11.6 Å². The number of methoxy groups -OCH3 is 1. The van der Waals surface area contributed by atoms with Crippen LogP contribution in [-0.2, 0) is 31.1 Å². The van der Waals surface area contributed by atoms with Crippen molar-refractivity contribution >= 4 is 40.9 Å². The Morgan fingerprint density at radius 2 is 1.55 bits per heavy atom. The maximum Gasteiger partial charge on any atom is 0.246 e. The number of fused-ring (bicyclic) bond motifs is 4. The summed E-state index contributed by atoms with van der Waals surface area (Å²) in [6, 6.07) is 31.3. The maximum atomic E-state index is 15.4. The zero-order chi connectivity index (χ0) is 38.0. The molecule has 4 fully saturated rings. The van der Waals surface area contributed by atoms with Crippen molar-refractivity contribution in [2.75, 3.05) is 25.1 Å². The molecular formula is C45H42ClN3O6. The van der Waals surface area contributed by atoms with E-state index in [0.29, 0.717) is 41.1 Å². The monoisotopic (exact) mass is 755 g/mol. The lowest BCUT2D eigenvalue weighted by atomic mass is 9.49. The fourth-order valence-electron chi connectivity index (χ4n) is 10.6. The predicted octanol–water partition coefficient (Wildman–Crippen LogP) is 6.88. The van der Waals surface area contributed by atoms with Crippen LogP contribution in [0, 0.1) is 23.7 Å². The second kappa shape index (κ2) is 13.8. The minimum absolute atomic E-state index is 0.0574. The molecule has 0 bridgehead atoms. The number of hydrogen-bond donors (Lipinski definition) is 1. The number of piperidine rings is 1. The van der Waals surface area contributed by atoms with Crippen LogP contribution in [-0.4, -0.2) is 64.8 Å². The Morgan fingerprint density at radius 3 is 2.25 bits per heavy atom. The topological polar surface area (TPSA) is 107 Å². The summed E-state index contributed by atoms with van der Waals surface area (Å²) in [7, 11) is 1.47. The zero-order valence-electron chi connectivity index (χ0n) is 30.5. The highest BCUT2D eigenvalue weighted by molar-refractivity contribution is 6.32. The molecule has 10 heteroatoms. The number of aromatic hydroxyl groups is 1. The highest BCUT2D eigenvalue weighted by Gasteiger charge is 2.70. The fourth-order valence-corrected chi connectivity index (χ4v) is 10.7. The minimum Gasteiger partial charge on any atom is -0.504 e. The van der Waals surface area contributed by atoms with Crippen molar-refractivity contribution in [3.8, 4) is 11.5 Å². The van der Waals surface area contributed by atoms with Gasteiger partial charge in [-0.05, 0) is 78.6 Å². The lowest BCUT2D eigenvalue weighted by molar-refractivity contribution is -0.144. The Labute approximate surface area is 325 Å². The van der Waals surface area contributed by atoms with E-state index >= 15 is 4.79 Å². The second-order valence-corrected chi connectivity index (χ2v) is 16.0. The summed E-state index contributed by atoms with van der Waals surface area (Å²) in [5.41, 5.74) is 2.42. The van der Waals surface area contributed by atoms with Gasteiger partial charge in [-0.15, -0.1) is 0 Å². The molecule has 0 unspecified atom stereocenters. The van der Waals surface area contributed by atoms with E-state index < -0.39 is 35.0 Å². The normalized spacial score (nSPS) is 28.2. The number of phenols is 1. The van der Waals surface area contributed by atoms with E-state index in [9.17, 15) is 19.5 Å². The average molecular weight is 756 g/mol. The Hall–Kier alpha value is -5.25. The van der Waals surface area contributed by atoms with E-state index in [-0.39, 0.29) is 47.6 Å². The molecule has 4 amide bonds. The Bertz CT molecular complexity index is 2220. The van der Waals surface area contributed by atoms with Crippen molar-refractivity contribution in [1.29, 1.82) is 0 Å². The third-order valence-corrected chi connectivity index (χ3v) is 13.1. The van der Waals surface area contributed by atoms with Crippen molar-refractivity contribution in [3.63, 3.8) is 0 Å². The Kier molecular flexibility index (Phi) is 8.89. The minimum atomic E-state index is -1.41. The van der Waals surface area contributed by atoms with Crippen LogP contribution in [0.4, 0.5) is 5.69 Å². The second-order valence-electron chi connectivity index (χ2n) is 15.6. The van der Waals surface area contributed by atoms with Crippen LogP contribution in [0.5, 0.6) is 11.5 Å². The number of anilines is 1. The first kappa shape index (κ1) is 35.5. The van der Waals surface area contributed by atoms with Gasteiger partial charge in [-0.2, -0.15) is 0 Å². The molecule has 3 aliphatic heterocycles. The predicted molar refractivity (Wildman–Crippen MR) is 207 cm³/mol. The number of benzene rings is 4. The molecule has 3 heterocycles. The van der Waals surface area contributed by atoms with Gasteiger partial charge in [0, 0.05) is 36.6 Å². The number of phenolic OH excluding ortho intramolecular Hbond substituents is 1. The lowest BCUT2D eigenvalue weighted by Gasteiger charge is -2.50. The number of halogens is 1. The van der Waals surface area contributed by atoms with Gasteiger partial charge in [0.2, 0.25) is 23.6 Å². The largest absolute Gasteiger partial charge is 0.504 e. The van der Waals surface area contributed by atoms with Gasteiger partial charge in [0.15, 0.2) is 11.5 Å². The average Bonchev–Trinajstić information content (AvgIpc) is 3.60. The number of amides is 4. The van der Waals surface area contributed by atoms with Crippen molar-refractivity contribution in [3.05, 3.63) is 136 Å². The van der Waals surface area contributed by atoms with Crippen LogP contribution in [0.1, 0.15) is 48.3 Å². The molecule has 0 aromatic heterocycles. The third kappa shape index (κ3) is 5.53. The van der Waals surface area contributed by atoms with E-state index in [2.05, 4.69) is 23.1 Å². The van der Waals surface area contributed by atoms with E-state index in [4.69, 9.17) is 16.3 Å². The van der Waals surface area contributed by atoms with E-state index in [0.717, 1.165) is 25.2 Å². The number of carbonyl (C=O) groups excluding carboxylic acids is 4. The first-order valence-corrected chi connectivity index (χ1v) is 19.5. The number of rotatable bonds is 7. The molecule has 4 aromatic carbocycles. The Morgan fingerprint density at radius 1 is 0.818 bits per heavy atom. The molecule has 3 saturated heterocycles. The van der Waals surface area contributed by atoms with E-state index in [1.807, 2.05) is 48.5 Å². The van der Waals surface area contributed by atoms with Crippen LogP contribution in [0.15, 0.2) is 115 Å². The molecular weight excluding hydrogens is 714 g/mol. The SMILES string of the molecule is COc1cc([C@H]2C3=CC[C@@H]4C(=O)N(C5CCN(Cc6ccccc6)CC5)C(=O)[C@@H]4[C@@H]3C[C@H]3C(=O)N(c4cccc(Cl)c4)C(=O)[C@@]23c2ccccc2)ccc1O. The van der Waals surface area contributed by atoms with Gasteiger partial charge >= 0.3 is 0 Å². The molecule has 4 aromatic rings. The summed E-state index contributed by atoms with van der Waals surface area (Å²) >= 11 is 6.44. The fraction of sp³-hybridized carbons (Fsp3) is 0.333. The number of carbonyl (C=O) groups is 4. The first-order valence-electron chi connectivity index (χ1n) is 19.1. The number of likely N-dealkylation sites (tertiary alicyclic amines) is 2. The van der Waals surface area contributed by atoms with Gasteiger partial charge < -0.3 is 9.84 Å². The molecule has 9 nitrogen and oxygen atoms in total. The van der Waals surface area contributed by atoms with Gasteiger partial charge in [-0.25, -0.2) is 4.90 Å². The van der Waals surface area contributed by atoms with Crippen LogP contribution in [0.25, 0.3) is 0 Å². The molecule has 55 heavy (non-hydrogen) atoms. The molecule has 5 aliphatic rings. The van der Waals surface area contributed by atoms with Gasteiger partial charge in [-0.3, -0.25) is 29.0 Å². The third-order valence-electron chi connectivity index (χ3n) is 12.9. The van der Waals surface area contributed by atoms with Gasteiger partial charge in [0.25, 0.3) is 0 Å². The number of hydrogen-bond acceptors (Lipinski definition) is 7. The van der Waals surface area contributed by atoms with E-state index in [1.165, 1.54) is 17.6 Å². The quantitative estimate of drug-likeness (QED) is 0.162. The van der Waals surface area contributed by atoms with Crippen molar-refractivity contribution in [2.45, 2.75) is 49.6 Å². The van der Waals surface area contributed by atoms with Crippen molar-refractivity contribution in [1.82, 2.24) is 9.80 Å². The molecule has 1 N–H and O–H groups in total. The number of imide groups is 2. The first-order chi connectivity index (χ1) is 26.7.